The molecule has 0 amide bonds. The topological polar surface area (TPSA) is 44.3 Å². The van der Waals surface area contributed by atoms with E-state index in [4.69, 9.17) is 0 Å². The standard InChI is InChI=1S/C11H16N2O/c1-12-5-8-6-13-7-10-9(8)3-2-4-11(10)14/h2-4,8,12-14H,5-7H2,1H3. The average Bonchev–Trinajstić information content (AvgIpc) is 2.20. The second-order valence-corrected chi connectivity index (χ2v) is 3.73. The molecule has 2 rings (SSSR count). The van der Waals surface area contributed by atoms with Crippen molar-refractivity contribution in [3.8, 4) is 5.75 Å². The average molecular weight is 192 g/mol. The zero-order valence-electron chi connectivity index (χ0n) is 8.38. The molecule has 1 heterocycles. The Labute approximate surface area is 84.1 Å². The predicted molar refractivity (Wildman–Crippen MR) is 56.5 cm³/mol. The van der Waals surface area contributed by atoms with Gasteiger partial charge in [0.1, 0.15) is 5.75 Å². The molecule has 1 atom stereocenters. The van der Waals surface area contributed by atoms with E-state index in [0.717, 1.165) is 25.2 Å². The van der Waals surface area contributed by atoms with Gasteiger partial charge in [0.05, 0.1) is 0 Å². The zero-order valence-corrected chi connectivity index (χ0v) is 8.38. The van der Waals surface area contributed by atoms with E-state index in [9.17, 15) is 5.11 Å². The van der Waals surface area contributed by atoms with Gasteiger partial charge in [-0.2, -0.15) is 0 Å². The van der Waals surface area contributed by atoms with Gasteiger partial charge in [0.15, 0.2) is 0 Å². The largest absolute Gasteiger partial charge is 0.508 e. The Morgan fingerprint density at radius 3 is 3.21 bits per heavy atom. The summed E-state index contributed by atoms with van der Waals surface area (Å²) in [5, 5.41) is 16.2. The Morgan fingerprint density at radius 1 is 1.57 bits per heavy atom. The first-order valence-corrected chi connectivity index (χ1v) is 4.99. The molecule has 3 N–H and O–H groups in total. The fraction of sp³-hybridized carbons (Fsp3) is 0.455. The molecule has 1 aliphatic rings. The van der Waals surface area contributed by atoms with Crippen LogP contribution < -0.4 is 10.6 Å². The number of likely N-dealkylation sites (N-methyl/N-ethyl adjacent to an activating group) is 1. The fourth-order valence-electron chi connectivity index (χ4n) is 2.08. The van der Waals surface area contributed by atoms with Gasteiger partial charge < -0.3 is 15.7 Å². The van der Waals surface area contributed by atoms with Crippen molar-refractivity contribution < 1.29 is 5.11 Å². The molecule has 14 heavy (non-hydrogen) atoms. The molecule has 1 aliphatic heterocycles. The number of phenols is 1. The molecule has 0 bridgehead atoms. The Hall–Kier alpha value is -1.06. The molecule has 0 fully saturated rings. The van der Waals surface area contributed by atoms with Gasteiger partial charge in [-0.25, -0.2) is 0 Å². The Kier molecular flexibility index (Phi) is 2.70. The lowest BCUT2D eigenvalue weighted by Crippen LogP contribution is -2.33. The van der Waals surface area contributed by atoms with Gasteiger partial charge in [0, 0.05) is 31.1 Å². The van der Waals surface area contributed by atoms with Gasteiger partial charge in [0.25, 0.3) is 0 Å². The molecule has 0 saturated heterocycles. The first-order valence-electron chi connectivity index (χ1n) is 4.99. The minimum absolute atomic E-state index is 0.413. The number of phenolic OH excluding ortho intramolecular Hbond substituents is 1. The van der Waals surface area contributed by atoms with Gasteiger partial charge in [-0.05, 0) is 18.7 Å². The van der Waals surface area contributed by atoms with Gasteiger partial charge in [-0.15, -0.1) is 0 Å². The molecule has 76 valence electrons. The van der Waals surface area contributed by atoms with Crippen molar-refractivity contribution in [1.82, 2.24) is 10.6 Å². The molecule has 0 aliphatic carbocycles. The van der Waals surface area contributed by atoms with Crippen molar-refractivity contribution >= 4 is 0 Å². The van der Waals surface area contributed by atoms with Crippen LogP contribution in [-0.4, -0.2) is 25.2 Å². The Balaban J connectivity index is 2.34. The van der Waals surface area contributed by atoms with Gasteiger partial charge in [-0.3, -0.25) is 0 Å². The Bertz CT molecular complexity index is 325. The minimum Gasteiger partial charge on any atom is -0.508 e. The molecule has 0 aromatic heterocycles. The summed E-state index contributed by atoms with van der Waals surface area (Å²) in [6.45, 7) is 2.71. The van der Waals surface area contributed by atoms with Crippen molar-refractivity contribution in [2.24, 2.45) is 0 Å². The maximum Gasteiger partial charge on any atom is 0.120 e. The third-order valence-electron chi connectivity index (χ3n) is 2.77. The van der Waals surface area contributed by atoms with Gasteiger partial charge in [0.2, 0.25) is 0 Å². The highest BCUT2D eigenvalue weighted by Crippen LogP contribution is 2.29. The van der Waals surface area contributed by atoms with Crippen molar-refractivity contribution in [2.75, 3.05) is 20.1 Å². The monoisotopic (exact) mass is 192 g/mol. The van der Waals surface area contributed by atoms with E-state index in [1.165, 1.54) is 5.56 Å². The van der Waals surface area contributed by atoms with Crippen molar-refractivity contribution in [3.63, 3.8) is 0 Å². The second kappa shape index (κ2) is 3.98. The van der Waals surface area contributed by atoms with Crippen LogP contribution in [0.5, 0.6) is 5.75 Å². The number of benzene rings is 1. The lowest BCUT2D eigenvalue weighted by atomic mass is 9.90. The van der Waals surface area contributed by atoms with Crippen LogP contribution in [0.1, 0.15) is 17.0 Å². The van der Waals surface area contributed by atoms with Gasteiger partial charge in [-0.1, -0.05) is 12.1 Å². The van der Waals surface area contributed by atoms with Crippen LogP contribution in [0.3, 0.4) is 0 Å². The van der Waals surface area contributed by atoms with Crippen molar-refractivity contribution in [1.29, 1.82) is 0 Å². The Morgan fingerprint density at radius 2 is 2.43 bits per heavy atom. The summed E-state index contributed by atoms with van der Waals surface area (Å²) in [5.41, 5.74) is 2.33. The fourth-order valence-corrected chi connectivity index (χ4v) is 2.08. The van der Waals surface area contributed by atoms with Crippen LogP contribution in [0.25, 0.3) is 0 Å². The highest BCUT2D eigenvalue weighted by molar-refractivity contribution is 5.42. The third-order valence-corrected chi connectivity index (χ3v) is 2.77. The summed E-state index contributed by atoms with van der Waals surface area (Å²) in [4.78, 5) is 0. The second-order valence-electron chi connectivity index (χ2n) is 3.73. The maximum atomic E-state index is 9.68. The molecule has 3 heteroatoms. The van der Waals surface area contributed by atoms with Crippen LogP contribution in [0.2, 0.25) is 0 Å². The van der Waals surface area contributed by atoms with Crippen molar-refractivity contribution in [2.45, 2.75) is 12.5 Å². The van der Waals surface area contributed by atoms with E-state index in [-0.39, 0.29) is 0 Å². The number of aromatic hydroxyl groups is 1. The number of fused-ring (bicyclic) bond motifs is 1. The molecule has 1 aromatic rings. The van der Waals surface area contributed by atoms with Crippen LogP contribution >= 0.6 is 0 Å². The number of rotatable bonds is 2. The SMILES string of the molecule is CNCC1CNCc2c(O)cccc21. The summed E-state index contributed by atoms with van der Waals surface area (Å²) >= 11 is 0. The molecule has 0 spiro atoms. The molecule has 1 unspecified atom stereocenters. The summed E-state index contributed by atoms with van der Waals surface area (Å²) in [6.07, 6.45) is 0. The molecule has 0 radical (unpaired) electrons. The highest BCUT2D eigenvalue weighted by Gasteiger charge is 2.20. The van der Waals surface area contributed by atoms with Crippen molar-refractivity contribution in [3.05, 3.63) is 29.3 Å². The smallest absolute Gasteiger partial charge is 0.120 e. The molecule has 1 aromatic carbocycles. The minimum atomic E-state index is 0.413. The number of nitrogens with one attached hydrogen (secondary N) is 2. The first kappa shape index (κ1) is 9.49. The van der Waals surface area contributed by atoms with Crippen LogP contribution in [0.4, 0.5) is 0 Å². The third kappa shape index (κ3) is 1.61. The van der Waals surface area contributed by atoms with E-state index in [1.54, 1.807) is 6.07 Å². The molecular formula is C11H16N2O. The lowest BCUT2D eigenvalue weighted by molar-refractivity contribution is 0.447. The van der Waals surface area contributed by atoms with E-state index in [0.29, 0.717) is 11.7 Å². The molecule has 0 saturated carbocycles. The molecular weight excluding hydrogens is 176 g/mol. The first-order chi connectivity index (χ1) is 6.83. The van der Waals surface area contributed by atoms with Crippen LogP contribution in [0.15, 0.2) is 18.2 Å². The summed E-state index contributed by atoms with van der Waals surface area (Å²) in [6, 6.07) is 5.78. The van der Waals surface area contributed by atoms with E-state index in [2.05, 4.69) is 16.7 Å². The summed E-state index contributed by atoms with van der Waals surface area (Å²) < 4.78 is 0. The highest BCUT2D eigenvalue weighted by atomic mass is 16.3. The van der Waals surface area contributed by atoms with E-state index >= 15 is 0 Å². The summed E-state index contributed by atoms with van der Waals surface area (Å²) in [7, 11) is 1.96. The predicted octanol–water partition coefficient (Wildman–Crippen LogP) is 0.798. The normalized spacial score (nSPS) is 20.5. The maximum absolute atomic E-state index is 9.68. The molecule has 3 nitrogen and oxygen atoms in total. The number of hydrogen-bond acceptors (Lipinski definition) is 3. The van der Waals surface area contributed by atoms with Gasteiger partial charge >= 0.3 is 0 Å². The lowest BCUT2D eigenvalue weighted by Gasteiger charge is -2.26. The summed E-state index contributed by atoms with van der Waals surface area (Å²) in [5.74, 6) is 0.881. The van der Waals surface area contributed by atoms with E-state index < -0.39 is 0 Å². The number of hydrogen-bond donors (Lipinski definition) is 3. The van der Waals surface area contributed by atoms with Crippen LogP contribution in [0, 0.1) is 0 Å². The quantitative estimate of drug-likeness (QED) is 0.649. The zero-order chi connectivity index (χ0) is 9.97. The van der Waals surface area contributed by atoms with E-state index in [1.807, 2.05) is 13.1 Å². The van der Waals surface area contributed by atoms with Crippen LogP contribution in [-0.2, 0) is 6.54 Å².